The van der Waals surface area contributed by atoms with Crippen LogP contribution in [0.15, 0.2) is 0 Å². The molecule has 2 atom stereocenters. The van der Waals surface area contributed by atoms with Crippen molar-refractivity contribution in [2.24, 2.45) is 5.92 Å². The van der Waals surface area contributed by atoms with Crippen LogP contribution < -0.4 is 0 Å². The van der Waals surface area contributed by atoms with Gasteiger partial charge in [0.15, 0.2) is 0 Å². The van der Waals surface area contributed by atoms with Crippen molar-refractivity contribution < 1.29 is 0 Å². The summed E-state index contributed by atoms with van der Waals surface area (Å²) < 4.78 is 0. The van der Waals surface area contributed by atoms with E-state index in [1.807, 2.05) is 0 Å². The summed E-state index contributed by atoms with van der Waals surface area (Å²) in [6.07, 6.45) is 18.9. The van der Waals surface area contributed by atoms with Gasteiger partial charge in [-0.2, -0.15) is 0 Å². The Morgan fingerprint density at radius 1 is 0.850 bits per heavy atom. The van der Waals surface area contributed by atoms with E-state index in [9.17, 15) is 0 Å². The molecular weight excluding hydrogens is 242 g/mol. The van der Waals surface area contributed by atoms with Crippen LogP contribution >= 0.6 is 0 Å². The molecule has 1 aliphatic heterocycles. The van der Waals surface area contributed by atoms with Crippen molar-refractivity contribution in [2.75, 3.05) is 13.6 Å². The monoisotopic (exact) mass is 281 g/mol. The molecule has 1 saturated heterocycles. The molecule has 1 heteroatoms. The van der Waals surface area contributed by atoms with Gasteiger partial charge in [-0.1, -0.05) is 84.5 Å². The summed E-state index contributed by atoms with van der Waals surface area (Å²) in [5.41, 5.74) is 0. The lowest BCUT2D eigenvalue weighted by molar-refractivity contribution is 0.0970. The molecule has 0 aromatic carbocycles. The van der Waals surface area contributed by atoms with Crippen LogP contribution in [0.3, 0.4) is 0 Å². The van der Waals surface area contributed by atoms with E-state index in [0.717, 1.165) is 12.0 Å². The zero-order valence-electron chi connectivity index (χ0n) is 14.5. The van der Waals surface area contributed by atoms with Crippen LogP contribution in [-0.4, -0.2) is 24.5 Å². The summed E-state index contributed by atoms with van der Waals surface area (Å²) in [5.74, 6) is 1.02. The number of nitrogens with zero attached hydrogens (tertiary/aromatic N) is 1. The molecule has 1 fully saturated rings. The normalized spacial score (nSPS) is 20.9. The topological polar surface area (TPSA) is 3.24 Å². The van der Waals surface area contributed by atoms with Crippen molar-refractivity contribution in [3.8, 4) is 0 Å². The third-order valence-corrected chi connectivity index (χ3v) is 5.23. The second-order valence-corrected chi connectivity index (χ2v) is 7.08. The van der Waals surface area contributed by atoms with E-state index in [1.54, 1.807) is 0 Å². The lowest BCUT2D eigenvalue weighted by Gasteiger charge is -2.40. The van der Waals surface area contributed by atoms with Crippen LogP contribution in [-0.2, 0) is 0 Å². The van der Waals surface area contributed by atoms with Gasteiger partial charge in [0.05, 0.1) is 0 Å². The first kappa shape index (κ1) is 18.0. The molecule has 1 nitrogen and oxygen atoms in total. The van der Waals surface area contributed by atoms with Gasteiger partial charge in [-0.05, 0) is 32.4 Å². The van der Waals surface area contributed by atoms with Gasteiger partial charge in [0, 0.05) is 6.04 Å². The molecule has 1 aliphatic rings. The summed E-state index contributed by atoms with van der Waals surface area (Å²) in [6.45, 7) is 5.96. The molecule has 0 saturated carbocycles. The van der Waals surface area contributed by atoms with E-state index in [2.05, 4.69) is 25.8 Å². The number of hydrogen-bond acceptors (Lipinski definition) is 1. The fourth-order valence-electron chi connectivity index (χ4n) is 3.53. The predicted molar refractivity (Wildman–Crippen MR) is 91.3 cm³/mol. The molecule has 0 radical (unpaired) electrons. The maximum Gasteiger partial charge on any atom is 0.0107 e. The maximum atomic E-state index is 2.57. The highest BCUT2D eigenvalue weighted by Crippen LogP contribution is 2.29. The Kier molecular flexibility index (Phi) is 10.4. The van der Waals surface area contributed by atoms with Gasteiger partial charge in [0.1, 0.15) is 0 Å². The first-order chi connectivity index (χ1) is 9.77. The Balaban J connectivity index is 2.15. The average molecular weight is 282 g/mol. The van der Waals surface area contributed by atoms with Gasteiger partial charge in [-0.15, -0.1) is 0 Å². The third kappa shape index (κ3) is 7.67. The Bertz CT molecular complexity index is 214. The summed E-state index contributed by atoms with van der Waals surface area (Å²) in [6, 6.07) is 0.918. The smallest absolute Gasteiger partial charge is 0.0107 e. The molecule has 0 N–H and O–H groups in total. The van der Waals surface area contributed by atoms with Crippen molar-refractivity contribution >= 4 is 0 Å². The summed E-state index contributed by atoms with van der Waals surface area (Å²) in [5, 5.41) is 0. The predicted octanol–water partition coefficient (Wildman–Crippen LogP) is 6.03. The molecule has 1 unspecified atom stereocenters. The minimum atomic E-state index is 0.918. The molecule has 1 heterocycles. The Labute approximate surface area is 128 Å². The van der Waals surface area contributed by atoms with Crippen molar-refractivity contribution in [3.05, 3.63) is 0 Å². The van der Waals surface area contributed by atoms with E-state index in [0.29, 0.717) is 0 Å². The summed E-state index contributed by atoms with van der Waals surface area (Å²) >= 11 is 0. The quantitative estimate of drug-likeness (QED) is 0.373. The highest BCUT2D eigenvalue weighted by Gasteiger charge is 2.26. The second-order valence-electron chi connectivity index (χ2n) is 7.08. The highest BCUT2D eigenvalue weighted by molar-refractivity contribution is 4.82. The van der Waals surface area contributed by atoms with Crippen LogP contribution in [0, 0.1) is 5.92 Å². The van der Waals surface area contributed by atoms with E-state index in [1.165, 1.54) is 90.0 Å². The number of unbranched alkanes of at least 4 members (excludes halogenated alkanes) is 7. The first-order valence-corrected chi connectivity index (χ1v) is 9.48. The Morgan fingerprint density at radius 3 is 1.85 bits per heavy atom. The Hall–Kier alpha value is -0.0400. The summed E-state index contributed by atoms with van der Waals surface area (Å²) in [4.78, 5) is 2.57. The minimum Gasteiger partial charge on any atom is -0.303 e. The van der Waals surface area contributed by atoms with Gasteiger partial charge < -0.3 is 4.90 Å². The van der Waals surface area contributed by atoms with Crippen LogP contribution in [0.1, 0.15) is 97.3 Å². The fraction of sp³-hybridized carbons (Fsp3) is 1.00. The van der Waals surface area contributed by atoms with Crippen LogP contribution in [0.4, 0.5) is 0 Å². The second kappa shape index (κ2) is 11.6. The molecule has 120 valence electrons. The number of hydrogen-bond donors (Lipinski definition) is 0. The van der Waals surface area contributed by atoms with Gasteiger partial charge in [0.2, 0.25) is 0 Å². The third-order valence-electron chi connectivity index (χ3n) is 5.23. The van der Waals surface area contributed by atoms with Gasteiger partial charge >= 0.3 is 0 Å². The van der Waals surface area contributed by atoms with E-state index in [4.69, 9.17) is 0 Å². The zero-order valence-corrected chi connectivity index (χ0v) is 14.5. The van der Waals surface area contributed by atoms with E-state index in [-0.39, 0.29) is 0 Å². The molecule has 0 amide bonds. The number of rotatable bonds is 13. The van der Waals surface area contributed by atoms with Crippen LogP contribution in [0.2, 0.25) is 0 Å². The van der Waals surface area contributed by atoms with E-state index >= 15 is 0 Å². The number of likely N-dealkylation sites (tertiary alicyclic amines) is 1. The van der Waals surface area contributed by atoms with E-state index < -0.39 is 0 Å². The molecule has 1 rings (SSSR count). The van der Waals surface area contributed by atoms with Crippen LogP contribution in [0.5, 0.6) is 0 Å². The minimum absolute atomic E-state index is 0.918. The Morgan fingerprint density at radius 2 is 1.40 bits per heavy atom. The highest BCUT2D eigenvalue weighted by atomic mass is 15.2. The SMILES string of the molecule is CCCCCCCC(CCCCCC)C[C@H]1CCN1C. The molecule has 20 heavy (non-hydrogen) atoms. The van der Waals surface area contributed by atoms with Gasteiger partial charge in [0.25, 0.3) is 0 Å². The maximum absolute atomic E-state index is 2.57. The lowest BCUT2D eigenvalue weighted by Crippen LogP contribution is -2.45. The van der Waals surface area contributed by atoms with Crippen LogP contribution in [0.25, 0.3) is 0 Å². The lowest BCUT2D eigenvalue weighted by atomic mass is 9.85. The standard InChI is InChI=1S/C19H39N/c1-4-6-8-10-12-14-18(13-11-9-7-5-2)17-19-15-16-20(19)3/h18-19H,4-17H2,1-3H3/t18?,19-/m1/s1. The van der Waals surface area contributed by atoms with Gasteiger partial charge in [-0.3, -0.25) is 0 Å². The molecular formula is C19H39N. The first-order valence-electron chi connectivity index (χ1n) is 9.48. The van der Waals surface area contributed by atoms with Crippen molar-refractivity contribution in [3.63, 3.8) is 0 Å². The fourth-order valence-corrected chi connectivity index (χ4v) is 3.53. The molecule has 0 bridgehead atoms. The molecule has 0 aromatic heterocycles. The molecule has 0 aromatic rings. The summed E-state index contributed by atoms with van der Waals surface area (Å²) in [7, 11) is 2.31. The zero-order chi connectivity index (χ0) is 14.6. The molecule has 0 aliphatic carbocycles. The van der Waals surface area contributed by atoms with Gasteiger partial charge in [-0.25, -0.2) is 0 Å². The van der Waals surface area contributed by atoms with Crippen molar-refractivity contribution in [1.29, 1.82) is 0 Å². The average Bonchev–Trinajstić information content (AvgIpc) is 2.46. The molecule has 0 spiro atoms. The van der Waals surface area contributed by atoms with Crippen molar-refractivity contribution in [2.45, 2.75) is 103 Å². The van der Waals surface area contributed by atoms with Crippen molar-refractivity contribution in [1.82, 2.24) is 4.90 Å². The largest absolute Gasteiger partial charge is 0.303 e.